The number of benzene rings is 1. The van der Waals surface area contributed by atoms with Gasteiger partial charge in [0, 0.05) is 23.4 Å². The van der Waals surface area contributed by atoms with Gasteiger partial charge in [0.05, 0.1) is 4.92 Å². The van der Waals surface area contributed by atoms with Crippen LogP contribution in [0.5, 0.6) is 0 Å². The van der Waals surface area contributed by atoms with Crippen LogP contribution in [0.4, 0.5) is 5.69 Å². The van der Waals surface area contributed by atoms with Gasteiger partial charge in [0.1, 0.15) is 0 Å². The highest BCUT2D eigenvalue weighted by Gasteiger charge is 2.29. The summed E-state index contributed by atoms with van der Waals surface area (Å²) in [7, 11) is -3.51. The van der Waals surface area contributed by atoms with Gasteiger partial charge in [-0.3, -0.25) is 14.9 Å². The standard InChI is InChI=1S/C10H10INO5S/c1-2-18(16,17)10(11)9(13)7-4-3-5-8(6-7)12(14)15/h3-6,10H,2H2,1H3. The molecule has 6 nitrogen and oxygen atoms in total. The number of halogens is 1. The lowest BCUT2D eigenvalue weighted by Gasteiger charge is -2.08. The first-order valence-corrected chi connectivity index (χ1v) is 7.90. The molecule has 0 fully saturated rings. The lowest BCUT2D eigenvalue weighted by atomic mass is 10.1. The largest absolute Gasteiger partial charge is 0.292 e. The Morgan fingerprint density at radius 2 is 2.11 bits per heavy atom. The predicted molar refractivity (Wildman–Crippen MR) is 74.7 cm³/mol. The molecule has 0 saturated heterocycles. The highest BCUT2D eigenvalue weighted by molar-refractivity contribution is 14.1. The molecule has 18 heavy (non-hydrogen) atoms. The van der Waals surface area contributed by atoms with Gasteiger partial charge in [-0.25, -0.2) is 8.42 Å². The van der Waals surface area contributed by atoms with Crippen LogP contribution in [0, 0.1) is 10.1 Å². The van der Waals surface area contributed by atoms with E-state index in [1.54, 1.807) is 0 Å². The van der Waals surface area contributed by atoms with E-state index in [0.29, 0.717) is 0 Å². The number of hydrogen-bond acceptors (Lipinski definition) is 5. The molecule has 0 spiro atoms. The molecular weight excluding hydrogens is 373 g/mol. The van der Waals surface area contributed by atoms with Crippen molar-refractivity contribution < 1.29 is 18.1 Å². The maximum absolute atomic E-state index is 11.9. The van der Waals surface area contributed by atoms with Gasteiger partial charge in [-0.2, -0.15) is 0 Å². The molecule has 0 aliphatic carbocycles. The number of nitro groups is 1. The van der Waals surface area contributed by atoms with E-state index in [4.69, 9.17) is 0 Å². The Balaban J connectivity index is 3.12. The van der Waals surface area contributed by atoms with E-state index < -0.39 is 23.8 Å². The molecule has 0 amide bonds. The zero-order chi connectivity index (χ0) is 13.9. The number of ketones is 1. The summed E-state index contributed by atoms with van der Waals surface area (Å²) in [6, 6.07) is 5.05. The van der Waals surface area contributed by atoms with Crippen LogP contribution in [0.3, 0.4) is 0 Å². The summed E-state index contributed by atoms with van der Waals surface area (Å²) in [5.74, 6) is -0.789. The molecular formula is C10H10INO5S. The molecule has 0 bridgehead atoms. The Kier molecular flexibility index (Phi) is 4.79. The molecule has 0 radical (unpaired) electrons. The van der Waals surface area contributed by atoms with Gasteiger partial charge in [-0.15, -0.1) is 0 Å². The second-order valence-corrected chi connectivity index (χ2v) is 7.90. The van der Waals surface area contributed by atoms with Crippen LogP contribution in [0.1, 0.15) is 17.3 Å². The van der Waals surface area contributed by atoms with Gasteiger partial charge in [0.25, 0.3) is 5.69 Å². The van der Waals surface area contributed by atoms with E-state index in [1.165, 1.54) is 47.7 Å². The Morgan fingerprint density at radius 1 is 1.50 bits per heavy atom. The summed E-state index contributed by atoms with van der Waals surface area (Å²) in [4.78, 5) is 21.9. The maximum atomic E-state index is 11.9. The highest BCUT2D eigenvalue weighted by atomic mass is 127. The van der Waals surface area contributed by atoms with Gasteiger partial charge in [-0.1, -0.05) is 41.6 Å². The van der Waals surface area contributed by atoms with Crippen LogP contribution in [-0.2, 0) is 9.84 Å². The summed E-state index contributed by atoms with van der Waals surface area (Å²) in [6.45, 7) is 1.45. The van der Waals surface area contributed by atoms with Crippen molar-refractivity contribution >= 4 is 43.9 Å². The molecule has 0 N–H and O–H groups in total. The van der Waals surface area contributed by atoms with Crippen LogP contribution in [0.15, 0.2) is 24.3 Å². The van der Waals surface area contributed by atoms with Crippen molar-refractivity contribution in [1.82, 2.24) is 0 Å². The predicted octanol–water partition coefficient (Wildman–Crippen LogP) is 1.97. The summed E-state index contributed by atoms with van der Waals surface area (Å²) in [5, 5.41) is 10.6. The molecule has 0 aliphatic heterocycles. The number of carbonyl (C=O) groups excluding carboxylic acids is 1. The molecule has 1 aromatic carbocycles. The quantitative estimate of drug-likeness (QED) is 0.255. The second-order valence-electron chi connectivity index (χ2n) is 3.44. The summed E-state index contributed by atoms with van der Waals surface area (Å²) < 4.78 is 21.9. The number of nitrogens with zero attached hydrogens (tertiary/aromatic N) is 1. The molecule has 1 aromatic rings. The zero-order valence-corrected chi connectivity index (χ0v) is 12.3. The van der Waals surface area contributed by atoms with Crippen LogP contribution >= 0.6 is 22.6 Å². The minimum absolute atomic E-state index is 0.0284. The number of non-ortho nitro benzene ring substituents is 1. The van der Waals surface area contributed by atoms with Crippen molar-refractivity contribution in [3.8, 4) is 0 Å². The van der Waals surface area contributed by atoms with Gasteiger partial charge in [0.15, 0.2) is 18.9 Å². The van der Waals surface area contributed by atoms with E-state index in [0.717, 1.165) is 6.07 Å². The molecule has 0 saturated carbocycles. The van der Waals surface area contributed by atoms with Crippen molar-refractivity contribution in [3.63, 3.8) is 0 Å². The fourth-order valence-electron chi connectivity index (χ4n) is 1.21. The van der Waals surface area contributed by atoms with Gasteiger partial charge >= 0.3 is 0 Å². The Labute approximate surface area is 118 Å². The number of alkyl halides is 1. The first kappa shape index (κ1) is 15.0. The minimum atomic E-state index is -3.51. The van der Waals surface area contributed by atoms with Gasteiger partial charge in [0.2, 0.25) is 0 Å². The number of rotatable bonds is 5. The fourth-order valence-corrected chi connectivity index (χ4v) is 3.41. The van der Waals surface area contributed by atoms with Crippen molar-refractivity contribution in [2.24, 2.45) is 0 Å². The average molecular weight is 383 g/mol. The summed E-state index contributed by atoms with van der Waals surface area (Å²) >= 11 is 1.54. The summed E-state index contributed by atoms with van der Waals surface area (Å²) in [5.41, 5.74) is -0.209. The summed E-state index contributed by atoms with van der Waals surface area (Å²) in [6.07, 6.45) is 0. The third-order valence-electron chi connectivity index (χ3n) is 2.27. The number of Topliss-reactive ketones (excluding diaryl/α,β-unsaturated/α-hetero) is 1. The average Bonchev–Trinajstić information content (AvgIpc) is 2.37. The van der Waals surface area contributed by atoms with Crippen molar-refractivity contribution in [1.29, 1.82) is 0 Å². The zero-order valence-electron chi connectivity index (χ0n) is 9.37. The van der Waals surface area contributed by atoms with Crippen LogP contribution < -0.4 is 0 Å². The lowest BCUT2D eigenvalue weighted by Crippen LogP contribution is -2.26. The SMILES string of the molecule is CCS(=O)(=O)C(I)C(=O)c1cccc([N+](=O)[O-])c1. The maximum Gasteiger partial charge on any atom is 0.270 e. The number of nitro benzene ring substituents is 1. The topological polar surface area (TPSA) is 94.3 Å². The Bertz CT molecular complexity index is 584. The molecule has 1 rings (SSSR count). The van der Waals surface area contributed by atoms with Crippen molar-refractivity contribution in [3.05, 3.63) is 39.9 Å². The molecule has 1 unspecified atom stereocenters. The number of hydrogen-bond donors (Lipinski definition) is 0. The van der Waals surface area contributed by atoms with Crippen LogP contribution in [-0.4, -0.2) is 28.1 Å². The third-order valence-corrected chi connectivity index (χ3v) is 6.80. The molecule has 0 aliphatic rings. The molecule has 0 heterocycles. The van der Waals surface area contributed by atoms with E-state index in [2.05, 4.69) is 0 Å². The normalized spacial score (nSPS) is 13.0. The van der Waals surface area contributed by atoms with E-state index in [1.807, 2.05) is 0 Å². The Morgan fingerprint density at radius 3 is 2.61 bits per heavy atom. The van der Waals surface area contributed by atoms with E-state index in [-0.39, 0.29) is 17.0 Å². The van der Waals surface area contributed by atoms with Gasteiger partial charge < -0.3 is 0 Å². The van der Waals surface area contributed by atoms with E-state index >= 15 is 0 Å². The Hall–Kier alpha value is -1.03. The molecule has 0 aromatic heterocycles. The fraction of sp³-hybridized carbons (Fsp3) is 0.300. The van der Waals surface area contributed by atoms with E-state index in [9.17, 15) is 23.3 Å². The second kappa shape index (κ2) is 5.74. The third kappa shape index (κ3) is 3.25. The van der Waals surface area contributed by atoms with Crippen molar-refractivity contribution in [2.75, 3.05) is 5.75 Å². The molecule has 98 valence electrons. The molecule has 1 atom stereocenters. The molecule has 8 heteroatoms. The minimum Gasteiger partial charge on any atom is -0.292 e. The lowest BCUT2D eigenvalue weighted by molar-refractivity contribution is -0.384. The van der Waals surface area contributed by atoms with Crippen LogP contribution in [0.2, 0.25) is 0 Å². The smallest absolute Gasteiger partial charge is 0.270 e. The van der Waals surface area contributed by atoms with Gasteiger partial charge in [-0.05, 0) is 0 Å². The first-order chi connectivity index (χ1) is 8.29. The van der Waals surface area contributed by atoms with Crippen molar-refractivity contribution in [2.45, 2.75) is 10.2 Å². The number of carbonyl (C=O) groups is 1. The first-order valence-electron chi connectivity index (χ1n) is 4.94. The highest BCUT2D eigenvalue weighted by Crippen LogP contribution is 2.20. The monoisotopic (exact) mass is 383 g/mol. The number of sulfone groups is 1. The van der Waals surface area contributed by atoms with Crippen LogP contribution in [0.25, 0.3) is 0 Å².